The first-order valence-electron chi connectivity index (χ1n) is 7.69. The van der Waals surface area contributed by atoms with E-state index in [1.54, 1.807) is 28.6 Å². The van der Waals surface area contributed by atoms with Crippen LogP contribution in [0.25, 0.3) is 0 Å². The maximum atomic E-state index is 12.7. The minimum Gasteiger partial charge on any atom is -0.337 e. The Balaban J connectivity index is 2.17. The van der Waals surface area contributed by atoms with Gasteiger partial charge < -0.3 is 4.90 Å². The third-order valence-electron chi connectivity index (χ3n) is 3.99. The van der Waals surface area contributed by atoms with Crippen LogP contribution >= 0.6 is 35.4 Å². The average Bonchev–Trinajstić information content (AvgIpc) is 2.87. The molecule has 0 bridgehead atoms. The van der Waals surface area contributed by atoms with Crippen molar-refractivity contribution in [3.05, 3.63) is 44.4 Å². The minimum absolute atomic E-state index is 0.0663. The van der Waals surface area contributed by atoms with Gasteiger partial charge in [-0.1, -0.05) is 36.2 Å². The van der Waals surface area contributed by atoms with Crippen molar-refractivity contribution in [3.63, 3.8) is 0 Å². The fourth-order valence-corrected chi connectivity index (χ4v) is 3.22. The lowest BCUT2D eigenvalue weighted by Gasteiger charge is -2.26. The first kappa shape index (κ1) is 19.0. The summed E-state index contributed by atoms with van der Waals surface area (Å²) in [5.74, 6) is 0.727. The lowest BCUT2D eigenvalue weighted by atomic mass is 10.1. The summed E-state index contributed by atoms with van der Waals surface area (Å²) in [4.78, 5) is 14.3. The molecule has 1 heterocycles. The molecule has 130 valence electrons. The Morgan fingerprint density at radius 2 is 2.17 bits per heavy atom. The number of aryl methyl sites for hydroxylation is 1. The van der Waals surface area contributed by atoms with E-state index in [0.29, 0.717) is 14.8 Å². The van der Waals surface area contributed by atoms with Gasteiger partial charge in [0.2, 0.25) is 5.91 Å². The SMILES string of the molecule is CCCc1n[nH]c(=S)n1CC(=O)N(C)C(C)c1ccc(Cl)cc1Cl. The van der Waals surface area contributed by atoms with Crippen molar-refractivity contribution in [1.82, 2.24) is 19.7 Å². The Morgan fingerprint density at radius 3 is 2.79 bits per heavy atom. The summed E-state index contributed by atoms with van der Waals surface area (Å²) in [5, 5.41) is 8.05. The van der Waals surface area contributed by atoms with Gasteiger partial charge in [0.05, 0.1) is 6.04 Å². The molecular weight excluding hydrogens is 367 g/mol. The second-order valence-corrected chi connectivity index (χ2v) is 6.86. The molecule has 1 atom stereocenters. The summed E-state index contributed by atoms with van der Waals surface area (Å²) in [6, 6.07) is 5.10. The molecular formula is C16H20Cl2N4OS. The van der Waals surface area contributed by atoms with E-state index in [1.165, 1.54) is 0 Å². The number of likely N-dealkylation sites (N-methyl/N-ethyl adjacent to an activating group) is 1. The highest BCUT2D eigenvalue weighted by Crippen LogP contribution is 2.29. The van der Waals surface area contributed by atoms with Crippen LogP contribution in [-0.2, 0) is 17.8 Å². The molecule has 5 nitrogen and oxygen atoms in total. The van der Waals surface area contributed by atoms with E-state index < -0.39 is 0 Å². The van der Waals surface area contributed by atoms with Crippen molar-refractivity contribution in [1.29, 1.82) is 0 Å². The van der Waals surface area contributed by atoms with Gasteiger partial charge in [0.25, 0.3) is 0 Å². The van der Waals surface area contributed by atoms with Gasteiger partial charge in [0.1, 0.15) is 12.4 Å². The van der Waals surface area contributed by atoms with Crippen molar-refractivity contribution in [2.24, 2.45) is 0 Å². The lowest BCUT2D eigenvalue weighted by molar-refractivity contribution is -0.132. The monoisotopic (exact) mass is 386 g/mol. The van der Waals surface area contributed by atoms with Crippen LogP contribution in [0.5, 0.6) is 0 Å². The molecule has 0 spiro atoms. The highest BCUT2D eigenvalue weighted by molar-refractivity contribution is 7.71. The summed E-state index contributed by atoms with van der Waals surface area (Å²) < 4.78 is 2.20. The highest BCUT2D eigenvalue weighted by Gasteiger charge is 2.21. The largest absolute Gasteiger partial charge is 0.337 e. The number of halogens is 2. The Kier molecular flexibility index (Phi) is 6.43. The number of H-pyrrole nitrogens is 1. The average molecular weight is 387 g/mol. The predicted molar refractivity (Wildman–Crippen MR) is 99.1 cm³/mol. The summed E-state index contributed by atoms with van der Waals surface area (Å²) in [6.07, 6.45) is 1.70. The van der Waals surface area contributed by atoms with Crippen LogP contribution in [0, 0.1) is 4.77 Å². The number of benzene rings is 1. The molecule has 0 radical (unpaired) electrons. The molecule has 0 aliphatic heterocycles. The maximum Gasteiger partial charge on any atom is 0.242 e. The van der Waals surface area contributed by atoms with Crippen LogP contribution < -0.4 is 0 Å². The number of aromatic amines is 1. The summed E-state index contributed by atoms with van der Waals surface area (Å²) in [5.41, 5.74) is 0.849. The third-order valence-corrected chi connectivity index (χ3v) is 4.87. The fraction of sp³-hybridized carbons (Fsp3) is 0.438. The zero-order chi connectivity index (χ0) is 17.9. The van der Waals surface area contributed by atoms with Gasteiger partial charge in [-0.05, 0) is 43.3 Å². The first-order valence-corrected chi connectivity index (χ1v) is 8.86. The van der Waals surface area contributed by atoms with E-state index in [-0.39, 0.29) is 18.5 Å². The topological polar surface area (TPSA) is 53.9 Å². The molecule has 1 aromatic carbocycles. The zero-order valence-electron chi connectivity index (χ0n) is 13.8. The molecule has 2 rings (SSSR count). The summed E-state index contributed by atoms with van der Waals surface area (Å²) in [7, 11) is 1.75. The van der Waals surface area contributed by atoms with Gasteiger partial charge in [0.15, 0.2) is 4.77 Å². The van der Waals surface area contributed by atoms with Gasteiger partial charge in [-0.3, -0.25) is 14.5 Å². The molecule has 8 heteroatoms. The maximum absolute atomic E-state index is 12.7. The molecule has 24 heavy (non-hydrogen) atoms. The smallest absolute Gasteiger partial charge is 0.242 e. The van der Waals surface area contributed by atoms with E-state index in [9.17, 15) is 4.79 Å². The van der Waals surface area contributed by atoms with Crippen molar-refractivity contribution in [2.75, 3.05) is 7.05 Å². The van der Waals surface area contributed by atoms with E-state index in [2.05, 4.69) is 17.1 Å². The number of carbonyl (C=O) groups excluding carboxylic acids is 1. The molecule has 1 N–H and O–H groups in total. The Hall–Kier alpha value is -1.37. The van der Waals surface area contributed by atoms with E-state index >= 15 is 0 Å². The van der Waals surface area contributed by atoms with Gasteiger partial charge in [0, 0.05) is 23.5 Å². The van der Waals surface area contributed by atoms with Gasteiger partial charge in [-0.15, -0.1) is 0 Å². The van der Waals surface area contributed by atoms with Crippen LogP contribution in [0.1, 0.15) is 37.7 Å². The van der Waals surface area contributed by atoms with Gasteiger partial charge in [-0.25, -0.2) is 0 Å². The van der Waals surface area contributed by atoms with Crippen LogP contribution in [0.3, 0.4) is 0 Å². The van der Waals surface area contributed by atoms with E-state index in [4.69, 9.17) is 35.4 Å². The second kappa shape index (κ2) is 8.14. The quantitative estimate of drug-likeness (QED) is 0.747. The summed E-state index contributed by atoms with van der Waals surface area (Å²) in [6.45, 7) is 4.13. The molecule has 0 fully saturated rings. The van der Waals surface area contributed by atoms with Crippen molar-refractivity contribution in [2.45, 2.75) is 39.3 Å². The van der Waals surface area contributed by atoms with Crippen molar-refractivity contribution in [3.8, 4) is 0 Å². The number of carbonyl (C=O) groups is 1. The number of nitrogens with zero attached hydrogens (tertiary/aromatic N) is 3. The number of aromatic nitrogens is 3. The number of rotatable bonds is 6. The molecule has 1 amide bonds. The number of amides is 1. The molecule has 0 aliphatic rings. The number of hydrogen-bond donors (Lipinski definition) is 1. The zero-order valence-corrected chi connectivity index (χ0v) is 16.2. The predicted octanol–water partition coefficient (Wildman–Crippen LogP) is 4.42. The molecule has 1 aromatic heterocycles. The lowest BCUT2D eigenvalue weighted by Crippen LogP contribution is -2.33. The molecule has 0 saturated carbocycles. The Labute approximate surface area is 156 Å². The molecule has 1 unspecified atom stereocenters. The van der Waals surface area contributed by atoms with E-state index in [1.807, 2.05) is 13.0 Å². The number of hydrogen-bond acceptors (Lipinski definition) is 3. The Morgan fingerprint density at radius 1 is 1.46 bits per heavy atom. The van der Waals surface area contributed by atoms with E-state index in [0.717, 1.165) is 24.2 Å². The molecule has 0 saturated heterocycles. The van der Waals surface area contributed by atoms with Crippen LogP contribution in [0.4, 0.5) is 0 Å². The second-order valence-electron chi connectivity index (χ2n) is 5.63. The standard InChI is InChI=1S/C16H20Cl2N4OS/c1-4-5-14-19-20-16(24)22(14)9-15(23)21(3)10(2)12-7-6-11(17)8-13(12)18/h6-8,10H,4-5,9H2,1-3H3,(H,20,24). The molecule has 2 aromatic rings. The summed E-state index contributed by atoms with van der Waals surface area (Å²) >= 11 is 17.4. The third kappa shape index (κ3) is 4.18. The van der Waals surface area contributed by atoms with Gasteiger partial charge in [-0.2, -0.15) is 5.10 Å². The highest BCUT2D eigenvalue weighted by atomic mass is 35.5. The van der Waals surface area contributed by atoms with Crippen LogP contribution in [-0.4, -0.2) is 32.6 Å². The normalized spacial score (nSPS) is 12.2. The van der Waals surface area contributed by atoms with Crippen molar-refractivity contribution >= 4 is 41.3 Å². The van der Waals surface area contributed by atoms with Crippen LogP contribution in [0.15, 0.2) is 18.2 Å². The van der Waals surface area contributed by atoms with Crippen molar-refractivity contribution < 1.29 is 4.79 Å². The fourth-order valence-electron chi connectivity index (χ4n) is 2.44. The van der Waals surface area contributed by atoms with Gasteiger partial charge >= 0.3 is 0 Å². The number of nitrogens with one attached hydrogen (secondary N) is 1. The first-order chi connectivity index (χ1) is 11.3. The minimum atomic E-state index is -0.182. The molecule has 0 aliphatic carbocycles. The Bertz CT molecular complexity index is 787. The van der Waals surface area contributed by atoms with Crippen LogP contribution in [0.2, 0.25) is 10.0 Å².